The zero-order valence-electron chi connectivity index (χ0n) is 39.0. The van der Waals surface area contributed by atoms with Crippen LogP contribution in [0.1, 0.15) is 86.5 Å². The van der Waals surface area contributed by atoms with Gasteiger partial charge in [-0.05, 0) is 27.2 Å². The predicted octanol–water partition coefficient (Wildman–Crippen LogP) is 0.0771. The van der Waals surface area contributed by atoms with Crippen LogP contribution in [0.2, 0.25) is 0 Å². The van der Waals surface area contributed by atoms with Gasteiger partial charge in [-0.25, -0.2) is 0 Å². The third kappa shape index (κ3) is 15.2. The minimum Gasteiger partial charge on any atom is -0.462 e. The molecule has 378 valence electrons. The van der Waals surface area contributed by atoms with Crippen LogP contribution in [0.3, 0.4) is 0 Å². The number of carbonyl (C=O) groups is 1. The summed E-state index contributed by atoms with van der Waals surface area (Å²) in [5.41, 5.74) is -2.00. The summed E-state index contributed by atoms with van der Waals surface area (Å²) < 4.78 is 41.5. The van der Waals surface area contributed by atoms with E-state index >= 15 is 0 Å². The van der Waals surface area contributed by atoms with E-state index in [1.807, 2.05) is 32.9 Å². The maximum Gasteiger partial charge on any atom is 0.308 e. The molecule has 0 aromatic carbocycles. The highest BCUT2D eigenvalue weighted by Crippen LogP contribution is 2.40. The van der Waals surface area contributed by atoms with Crippen LogP contribution < -0.4 is 0 Å². The van der Waals surface area contributed by atoms with E-state index < -0.39 is 159 Å². The van der Waals surface area contributed by atoms with Crippen LogP contribution in [0.5, 0.6) is 0 Å². The van der Waals surface area contributed by atoms with Gasteiger partial charge in [0.15, 0.2) is 18.4 Å². The van der Waals surface area contributed by atoms with Crippen molar-refractivity contribution in [3.63, 3.8) is 0 Å². The summed E-state index contributed by atoms with van der Waals surface area (Å²) in [6, 6.07) is 0. The zero-order valence-corrected chi connectivity index (χ0v) is 39.0. The first kappa shape index (κ1) is 56.1. The molecule has 0 aliphatic carbocycles. The molecule has 0 saturated carbocycles. The fourth-order valence-electron chi connectivity index (χ4n) is 8.95. The second-order valence-electron chi connectivity index (χ2n) is 18.5. The van der Waals surface area contributed by atoms with Crippen molar-refractivity contribution in [3.05, 3.63) is 60.8 Å². The van der Waals surface area contributed by atoms with Gasteiger partial charge in [0.2, 0.25) is 0 Å². The Morgan fingerprint density at radius 1 is 0.682 bits per heavy atom. The van der Waals surface area contributed by atoms with Gasteiger partial charge in [0.25, 0.3) is 0 Å². The lowest BCUT2D eigenvalue weighted by Crippen LogP contribution is -2.63. The summed E-state index contributed by atoms with van der Waals surface area (Å²) in [5, 5.41) is 120. The third-order valence-corrected chi connectivity index (χ3v) is 13.0. The summed E-state index contributed by atoms with van der Waals surface area (Å²) in [6.07, 6.45) is -7.57. The van der Waals surface area contributed by atoms with Crippen molar-refractivity contribution in [2.75, 3.05) is 7.11 Å². The van der Waals surface area contributed by atoms with E-state index in [2.05, 4.69) is 0 Å². The lowest BCUT2D eigenvalue weighted by molar-refractivity contribution is -0.341. The van der Waals surface area contributed by atoms with E-state index in [-0.39, 0.29) is 18.8 Å². The highest BCUT2D eigenvalue weighted by molar-refractivity contribution is 5.70. The molecule has 19 heteroatoms. The number of cyclic esters (lactones) is 1. The number of methoxy groups -OCH3 is 1. The van der Waals surface area contributed by atoms with E-state index in [0.717, 1.165) is 0 Å². The SMILES string of the molecule is CCC1OC(=O)CC(O)[C@@H](O)[C@H](O)C[C@H](O)C[C@]2(O)C[C@H](O)[C@](C)(O)C(CC(O[C@@H]3O[C@H](C)[C@@H](O)[C@H](O)[C@@H]3O)/C=C/C=C/C=C/C=C/C=C/C(C)C(O[C@H]3C[C@@H](O)[C@@H](OC)[C@H](C)O3)C1C)O2. The van der Waals surface area contributed by atoms with Crippen molar-refractivity contribution in [1.82, 2.24) is 0 Å². The number of hydrogen-bond acceptors (Lipinski definition) is 19. The van der Waals surface area contributed by atoms with Crippen molar-refractivity contribution in [2.24, 2.45) is 11.8 Å². The van der Waals surface area contributed by atoms with E-state index in [0.29, 0.717) is 6.42 Å². The number of hydrogen-bond donors (Lipinski definition) is 11. The van der Waals surface area contributed by atoms with Crippen molar-refractivity contribution in [1.29, 1.82) is 0 Å². The topological polar surface area (TPSA) is 304 Å². The number of allylic oxidation sites excluding steroid dienone is 8. The van der Waals surface area contributed by atoms with Gasteiger partial charge in [0.05, 0.1) is 67.5 Å². The second-order valence-corrected chi connectivity index (χ2v) is 18.5. The van der Waals surface area contributed by atoms with Crippen LogP contribution in [0.15, 0.2) is 60.8 Å². The molecule has 0 aromatic heterocycles. The monoisotopic (exact) mass is 944 g/mol. The van der Waals surface area contributed by atoms with Gasteiger partial charge in [-0.15, -0.1) is 0 Å². The molecule has 11 N–H and O–H groups in total. The summed E-state index contributed by atoms with van der Waals surface area (Å²) in [6.45, 7) is 10.1. The number of aliphatic hydroxyl groups is 11. The minimum absolute atomic E-state index is 0.130. The van der Waals surface area contributed by atoms with Gasteiger partial charge < -0.3 is 89.3 Å². The van der Waals surface area contributed by atoms with Crippen molar-refractivity contribution in [3.8, 4) is 0 Å². The average Bonchev–Trinajstić information content (AvgIpc) is 3.24. The Bertz CT molecular complexity index is 1620. The molecule has 7 unspecified atom stereocenters. The molecule has 4 rings (SSSR count). The lowest BCUT2D eigenvalue weighted by Gasteiger charge is -2.49. The Kier molecular flexibility index (Phi) is 21.6. The number of aliphatic hydroxyl groups excluding tert-OH is 9. The molecule has 4 aliphatic heterocycles. The van der Waals surface area contributed by atoms with Gasteiger partial charge in [-0.3, -0.25) is 4.79 Å². The van der Waals surface area contributed by atoms with E-state index in [1.54, 1.807) is 49.5 Å². The van der Waals surface area contributed by atoms with Gasteiger partial charge >= 0.3 is 5.97 Å². The molecular weight excluding hydrogens is 868 g/mol. The largest absolute Gasteiger partial charge is 0.462 e. The highest BCUT2D eigenvalue weighted by Gasteiger charge is 2.54. The van der Waals surface area contributed by atoms with Gasteiger partial charge in [-0.1, -0.05) is 81.5 Å². The van der Waals surface area contributed by atoms with Gasteiger partial charge in [-0.2, -0.15) is 0 Å². The van der Waals surface area contributed by atoms with Gasteiger partial charge in [0.1, 0.15) is 42.2 Å². The van der Waals surface area contributed by atoms with Crippen LogP contribution in [0.25, 0.3) is 0 Å². The van der Waals surface area contributed by atoms with Gasteiger partial charge in [0, 0.05) is 51.0 Å². The number of carbonyl (C=O) groups excluding carboxylic acids is 1. The van der Waals surface area contributed by atoms with E-state index in [4.69, 9.17) is 33.2 Å². The van der Waals surface area contributed by atoms with Crippen LogP contribution in [-0.4, -0.2) is 191 Å². The summed E-state index contributed by atoms with van der Waals surface area (Å²) in [5.74, 6) is -3.94. The molecule has 4 aliphatic rings. The quantitative estimate of drug-likeness (QED) is 0.157. The Labute approximate surface area is 387 Å². The molecule has 0 aromatic rings. The molecule has 22 atom stereocenters. The van der Waals surface area contributed by atoms with E-state index in [1.165, 1.54) is 27.0 Å². The minimum atomic E-state index is -2.31. The first-order valence-corrected chi connectivity index (χ1v) is 23.0. The fourth-order valence-corrected chi connectivity index (χ4v) is 8.95. The molecule has 0 radical (unpaired) electrons. The second kappa shape index (κ2) is 25.4. The smallest absolute Gasteiger partial charge is 0.308 e. The van der Waals surface area contributed by atoms with Crippen LogP contribution in [0, 0.1) is 11.8 Å². The summed E-state index contributed by atoms with van der Waals surface area (Å²) in [7, 11) is 1.49. The Morgan fingerprint density at radius 3 is 1.91 bits per heavy atom. The number of esters is 1. The molecule has 2 bridgehead atoms. The maximum atomic E-state index is 13.3. The average molecular weight is 945 g/mol. The van der Waals surface area contributed by atoms with Crippen molar-refractivity contribution in [2.45, 2.75) is 208 Å². The van der Waals surface area contributed by atoms with Crippen molar-refractivity contribution >= 4 is 5.97 Å². The van der Waals surface area contributed by atoms with Crippen LogP contribution in [0.4, 0.5) is 0 Å². The molecule has 3 saturated heterocycles. The lowest BCUT2D eigenvalue weighted by atomic mass is 9.80. The highest BCUT2D eigenvalue weighted by atomic mass is 16.7. The standard InChI is InChI=1S/C47H76O19/c1-8-34-26(3)43(65-38-22-33(51)44(60-7)28(5)61-38)25(2)17-15-13-11-9-10-12-14-16-18-30(63-45-42(57)41(56)39(54)27(4)62-45)20-36-46(6,58)35(52)24-47(59,66-36)23-29(48)19-31(49)40(55)32(50)21-37(53)64-34/h9-18,25-36,38-45,48-52,54-59H,8,19-24H2,1-7H3/b10-9+,13-11+,14-12+,17-15+,18-16+/t25?,26?,27-,28+,29+,30?,31-,32?,33-,34?,35+,36?,38+,39-,40+,41+,42+,43?,44+,45+,46+,47-/m1/s1. The number of rotatable bonds is 6. The van der Waals surface area contributed by atoms with Crippen molar-refractivity contribution < 1.29 is 94.1 Å². The fraction of sp³-hybridized carbons (Fsp3) is 0.766. The maximum absolute atomic E-state index is 13.3. The first-order chi connectivity index (χ1) is 31.0. The Balaban J connectivity index is 1.64. The first-order valence-electron chi connectivity index (χ1n) is 23.0. The Morgan fingerprint density at radius 2 is 1.30 bits per heavy atom. The number of fused-ring (bicyclic) bond motifs is 2. The number of ether oxygens (including phenoxy) is 7. The molecule has 66 heavy (non-hydrogen) atoms. The molecule has 19 nitrogen and oxygen atoms in total. The Hall–Kier alpha value is -2.51. The van der Waals surface area contributed by atoms with Crippen LogP contribution in [-0.2, 0) is 38.0 Å². The van der Waals surface area contributed by atoms with E-state index in [9.17, 15) is 61.0 Å². The molecule has 0 spiro atoms. The summed E-state index contributed by atoms with van der Waals surface area (Å²) in [4.78, 5) is 13.3. The molecular formula is C47H76O19. The normalized spacial score (nSPS) is 49.0. The molecule has 0 amide bonds. The zero-order chi connectivity index (χ0) is 49.1. The predicted molar refractivity (Wildman–Crippen MR) is 236 cm³/mol. The third-order valence-electron chi connectivity index (χ3n) is 13.0. The van der Waals surface area contributed by atoms with Crippen LogP contribution >= 0.6 is 0 Å². The molecule has 4 heterocycles. The molecule has 3 fully saturated rings. The summed E-state index contributed by atoms with van der Waals surface area (Å²) >= 11 is 0.